The zero-order valence-corrected chi connectivity index (χ0v) is 11.9. The summed E-state index contributed by atoms with van der Waals surface area (Å²) in [6, 6.07) is 3.69. The maximum absolute atomic E-state index is 11.0. The lowest BCUT2D eigenvalue weighted by atomic mass is 10.3. The van der Waals surface area contributed by atoms with Crippen LogP contribution in [-0.2, 0) is 9.59 Å². The fourth-order valence-electron chi connectivity index (χ4n) is 1.95. The minimum Gasteiger partial charge on any atom is -0.361 e. The molecular formula is C13H15N5O3. The molecule has 0 bridgehead atoms. The van der Waals surface area contributed by atoms with Gasteiger partial charge in [-0.25, -0.2) is 5.43 Å². The van der Waals surface area contributed by atoms with Crippen LogP contribution in [-0.4, -0.2) is 27.8 Å². The summed E-state index contributed by atoms with van der Waals surface area (Å²) in [6.07, 6.45) is 1.44. The second kappa shape index (κ2) is 5.61. The van der Waals surface area contributed by atoms with Crippen LogP contribution in [0.1, 0.15) is 22.7 Å². The maximum Gasteiger partial charge on any atom is 0.329 e. The number of hydrazone groups is 1. The molecule has 8 nitrogen and oxygen atoms in total. The van der Waals surface area contributed by atoms with Crippen molar-refractivity contribution >= 4 is 18.0 Å². The van der Waals surface area contributed by atoms with E-state index in [9.17, 15) is 9.59 Å². The quantitative estimate of drug-likeness (QED) is 0.481. The van der Waals surface area contributed by atoms with Crippen LogP contribution in [0.15, 0.2) is 21.8 Å². The van der Waals surface area contributed by atoms with Gasteiger partial charge in [-0.15, -0.1) is 0 Å². The van der Waals surface area contributed by atoms with Gasteiger partial charge in [0, 0.05) is 23.0 Å². The Morgan fingerprint density at radius 1 is 1.38 bits per heavy atom. The van der Waals surface area contributed by atoms with E-state index < -0.39 is 11.8 Å². The van der Waals surface area contributed by atoms with E-state index in [1.807, 2.05) is 42.9 Å². The van der Waals surface area contributed by atoms with Gasteiger partial charge < -0.3 is 10.3 Å². The molecule has 8 heteroatoms. The van der Waals surface area contributed by atoms with Crippen molar-refractivity contribution in [3.8, 4) is 5.82 Å². The maximum atomic E-state index is 11.0. The molecule has 0 unspecified atom stereocenters. The molecule has 2 rings (SSSR count). The zero-order valence-electron chi connectivity index (χ0n) is 11.9. The number of nitrogens with one attached hydrogen (secondary N) is 1. The normalized spacial score (nSPS) is 11.0. The average molecular weight is 289 g/mol. The molecule has 2 aromatic rings. The molecular weight excluding hydrogens is 274 g/mol. The SMILES string of the molecule is Cc1cc(-n2c(C)cc(/C=N\NC(=O)C(N)=O)c2C)no1. The first kappa shape index (κ1) is 14.5. The minimum atomic E-state index is -1.09. The topological polar surface area (TPSA) is 116 Å². The number of aryl methyl sites for hydroxylation is 2. The third-order valence-electron chi connectivity index (χ3n) is 2.91. The van der Waals surface area contributed by atoms with Crippen LogP contribution in [0.3, 0.4) is 0 Å². The van der Waals surface area contributed by atoms with Crippen molar-refractivity contribution in [2.45, 2.75) is 20.8 Å². The third kappa shape index (κ3) is 2.99. The molecule has 2 heterocycles. The number of nitrogens with two attached hydrogens (primary N) is 1. The van der Waals surface area contributed by atoms with E-state index in [-0.39, 0.29) is 0 Å². The first-order chi connectivity index (χ1) is 9.90. The van der Waals surface area contributed by atoms with E-state index >= 15 is 0 Å². The summed E-state index contributed by atoms with van der Waals surface area (Å²) in [4.78, 5) is 21.6. The van der Waals surface area contributed by atoms with E-state index in [1.165, 1.54) is 6.21 Å². The molecule has 0 aromatic carbocycles. The lowest BCUT2D eigenvalue weighted by Gasteiger charge is -2.03. The monoisotopic (exact) mass is 289 g/mol. The van der Waals surface area contributed by atoms with Crippen LogP contribution in [0.25, 0.3) is 5.82 Å². The fourth-order valence-corrected chi connectivity index (χ4v) is 1.95. The summed E-state index contributed by atoms with van der Waals surface area (Å²) in [6.45, 7) is 5.61. The Hall–Kier alpha value is -2.90. The molecule has 0 aliphatic carbocycles. The van der Waals surface area contributed by atoms with Crippen molar-refractivity contribution in [1.29, 1.82) is 0 Å². The number of aromatic nitrogens is 2. The standard InChI is InChI=1S/C13H15N5O3/c1-7-4-10(6-15-16-13(20)12(14)19)9(3)18(7)11-5-8(2)21-17-11/h4-6H,1-3H3,(H2,14,19)(H,16,20)/b15-6-. The molecule has 0 fully saturated rings. The molecule has 2 amide bonds. The number of carbonyl (C=O) groups is 2. The molecule has 3 N–H and O–H groups in total. The first-order valence-electron chi connectivity index (χ1n) is 6.15. The van der Waals surface area contributed by atoms with Crippen molar-refractivity contribution in [2.24, 2.45) is 10.8 Å². The van der Waals surface area contributed by atoms with Crippen molar-refractivity contribution in [1.82, 2.24) is 15.1 Å². The molecule has 110 valence electrons. The number of amides is 2. The van der Waals surface area contributed by atoms with E-state index in [1.54, 1.807) is 0 Å². The first-order valence-corrected chi connectivity index (χ1v) is 6.15. The summed E-state index contributed by atoms with van der Waals surface area (Å²) in [7, 11) is 0. The van der Waals surface area contributed by atoms with E-state index in [2.05, 4.69) is 10.3 Å². The molecule has 0 saturated heterocycles. The summed E-state index contributed by atoms with van der Waals surface area (Å²) < 4.78 is 6.96. The summed E-state index contributed by atoms with van der Waals surface area (Å²) in [5, 5.41) is 7.66. The van der Waals surface area contributed by atoms with Crippen molar-refractivity contribution < 1.29 is 14.1 Å². The van der Waals surface area contributed by atoms with Crippen LogP contribution in [0, 0.1) is 20.8 Å². The number of hydrogen-bond donors (Lipinski definition) is 2. The van der Waals surface area contributed by atoms with Gasteiger partial charge in [0.1, 0.15) is 5.76 Å². The van der Waals surface area contributed by atoms with Crippen LogP contribution in [0.5, 0.6) is 0 Å². The van der Waals surface area contributed by atoms with Crippen molar-refractivity contribution in [3.63, 3.8) is 0 Å². The van der Waals surface area contributed by atoms with E-state index in [0.29, 0.717) is 11.6 Å². The minimum absolute atomic E-state index is 0.670. The number of nitrogens with zero attached hydrogens (tertiary/aromatic N) is 3. The molecule has 0 saturated carbocycles. The van der Waals surface area contributed by atoms with Gasteiger partial charge in [-0.05, 0) is 26.8 Å². The van der Waals surface area contributed by atoms with Crippen LogP contribution < -0.4 is 11.2 Å². The number of rotatable bonds is 3. The molecule has 0 radical (unpaired) electrons. The smallest absolute Gasteiger partial charge is 0.329 e. The average Bonchev–Trinajstić information content (AvgIpc) is 2.94. The van der Waals surface area contributed by atoms with Crippen molar-refractivity contribution in [3.05, 3.63) is 34.8 Å². The van der Waals surface area contributed by atoms with Crippen molar-refractivity contribution in [2.75, 3.05) is 0 Å². The Morgan fingerprint density at radius 3 is 2.67 bits per heavy atom. The molecule has 0 spiro atoms. The predicted octanol–water partition coefficient (Wildman–Crippen LogP) is 0.326. The third-order valence-corrected chi connectivity index (χ3v) is 2.91. The van der Waals surface area contributed by atoms with Crippen LogP contribution in [0.4, 0.5) is 0 Å². The van der Waals surface area contributed by atoms with Gasteiger partial charge in [-0.2, -0.15) is 5.10 Å². The fraction of sp³-hybridized carbons (Fsp3) is 0.231. The summed E-state index contributed by atoms with van der Waals surface area (Å²) >= 11 is 0. The Labute approximate surface area is 120 Å². The number of primary amides is 1. The summed E-state index contributed by atoms with van der Waals surface area (Å²) in [5.41, 5.74) is 9.43. The van der Waals surface area contributed by atoms with Gasteiger partial charge in [0.2, 0.25) is 0 Å². The van der Waals surface area contributed by atoms with Gasteiger partial charge in [0.25, 0.3) is 0 Å². The zero-order chi connectivity index (χ0) is 15.6. The Morgan fingerprint density at radius 2 is 2.10 bits per heavy atom. The predicted molar refractivity (Wildman–Crippen MR) is 75.0 cm³/mol. The molecule has 0 aliphatic heterocycles. The van der Waals surface area contributed by atoms with Gasteiger partial charge >= 0.3 is 11.8 Å². The van der Waals surface area contributed by atoms with Gasteiger partial charge in [0.05, 0.1) is 6.21 Å². The van der Waals surface area contributed by atoms with Gasteiger partial charge in [-0.1, -0.05) is 5.16 Å². The highest BCUT2D eigenvalue weighted by molar-refractivity contribution is 6.34. The highest BCUT2D eigenvalue weighted by atomic mass is 16.5. The molecule has 2 aromatic heterocycles. The lowest BCUT2D eigenvalue weighted by Crippen LogP contribution is -2.32. The summed E-state index contributed by atoms with van der Waals surface area (Å²) in [5.74, 6) is -0.673. The number of carbonyl (C=O) groups excluding carboxylic acids is 2. The van der Waals surface area contributed by atoms with E-state index in [4.69, 9.17) is 10.3 Å². The lowest BCUT2D eigenvalue weighted by molar-refractivity contribution is -0.137. The Kier molecular flexibility index (Phi) is 3.88. The number of hydrogen-bond acceptors (Lipinski definition) is 5. The second-order valence-corrected chi connectivity index (χ2v) is 4.52. The highest BCUT2D eigenvalue weighted by Gasteiger charge is 2.12. The molecule has 0 aliphatic rings. The van der Waals surface area contributed by atoms with Crippen LogP contribution in [0.2, 0.25) is 0 Å². The Bertz CT molecular complexity index is 726. The second-order valence-electron chi connectivity index (χ2n) is 4.52. The van der Waals surface area contributed by atoms with E-state index in [0.717, 1.165) is 17.0 Å². The molecule has 21 heavy (non-hydrogen) atoms. The van der Waals surface area contributed by atoms with Gasteiger partial charge in [-0.3, -0.25) is 14.2 Å². The largest absolute Gasteiger partial charge is 0.361 e. The molecule has 0 atom stereocenters. The highest BCUT2D eigenvalue weighted by Crippen LogP contribution is 2.19. The Balaban J connectivity index is 2.25. The van der Waals surface area contributed by atoms with Crippen LogP contribution >= 0.6 is 0 Å². The van der Waals surface area contributed by atoms with Gasteiger partial charge in [0.15, 0.2) is 5.82 Å².